The van der Waals surface area contributed by atoms with E-state index in [-0.39, 0.29) is 35.1 Å². The van der Waals surface area contributed by atoms with Gasteiger partial charge in [0.05, 0.1) is 17.6 Å². The summed E-state index contributed by atoms with van der Waals surface area (Å²) in [6.07, 6.45) is 2.56. The van der Waals surface area contributed by atoms with E-state index in [1.54, 1.807) is 12.1 Å². The predicted molar refractivity (Wildman–Crippen MR) is 114 cm³/mol. The molecule has 1 aromatic carbocycles. The second kappa shape index (κ2) is 9.37. The van der Waals surface area contributed by atoms with Crippen LogP contribution in [0.4, 0.5) is 14.6 Å². The van der Waals surface area contributed by atoms with E-state index in [1.165, 1.54) is 34.9 Å². The van der Waals surface area contributed by atoms with Crippen molar-refractivity contribution in [1.82, 2.24) is 9.55 Å². The number of allylic oxidation sites excluding steroid dienone is 5. The first-order valence-electron chi connectivity index (χ1n) is 9.95. The number of nitrogens with one attached hydrogen (secondary N) is 1. The van der Waals surface area contributed by atoms with Crippen molar-refractivity contribution < 1.29 is 18.3 Å². The number of ether oxygens (including phenoxy) is 2. The van der Waals surface area contributed by atoms with Gasteiger partial charge in [0.25, 0.3) is 6.43 Å². The van der Waals surface area contributed by atoms with Crippen molar-refractivity contribution in [2.45, 2.75) is 19.6 Å². The number of alkyl halides is 2. The molecule has 4 rings (SSSR count). The van der Waals surface area contributed by atoms with E-state index >= 15 is 0 Å². The van der Waals surface area contributed by atoms with Crippen molar-refractivity contribution in [3.8, 4) is 23.8 Å². The molecule has 1 unspecified atom stereocenters. The third-order valence-corrected chi connectivity index (χ3v) is 5.03. The zero-order valence-corrected chi connectivity index (χ0v) is 17.2. The van der Waals surface area contributed by atoms with Crippen molar-refractivity contribution in [3.63, 3.8) is 0 Å². The summed E-state index contributed by atoms with van der Waals surface area (Å²) < 4.78 is 39.5. The van der Waals surface area contributed by atoms with Gasteiger partial charge in [0.1, 0.15) is 30.0 Å². The van der Waals surface area contributed by atoms with Crippen molar-refractivity contribution in [1.29, 1.82) is 10.5 Å². The molecule has 2 heterocycles. The lowest BCUT2D eigenvalue weighted by atomic mass is 10.0. The van der Waals surface area contributed by atoms with Gasteiger partial charge < -0.3 is 14.8 Å². The number of anilines is 1. The molecule has 0 radical (unpaired) electrons. The highest BCUT2D eigenvalue weighted by atomic mass is 19.3. The maximum Gasteiger partial charge on any atom is 0.352 e. The van der Waals surface area contributed by atoms with Crippen LogP contribution in [0.15, 0.2) is 64.7 Å². The minimum atomic E-state index is -2.82. The fourth-order valence-electron chi connectivity index (χ4n) is 3.40. The number of benzene rings is 1. The van der Waals surface area contributed by atoms with Crippen molar-refractivity contribution in [3.05, 3.63) is 81.5 Å². The molecule has 166 valence electrons. The van der Waals surface area contributed by atoms with Gasteiger partial charge in [-0.3, -0.25) is 4.57 Å². The van der Waals surface area contributed by atoms with Gasteiger partial charge in [0, 0.05) is 24.7 Å². The molecule has 0 saturated carbocycles. The molecule has 1 aliphatic heterocycles. The fraction of sp³-hybridized carbons (Fsp3) is 0.217. The first kappa shape index (κ1) is 21.8. The van der Waals surface area contributed by atoms with E-state index in [0.29, 0.717) is 24.5 Å². The third-order valence-electron chi connectivity index (χ3n) is 5.03. The van der Waals surface area contributed by atoms with Gasteiger partial charge in [0.2, 0.25) is 5.88 Å². The van der Waals surface area contributed by atoms with Gasteiger partial charge in [-0.2, -0.15) is 15.5 Å². The van der Waals surface area contributed by atoms with Crippen LogP contribution in [-0.4, -0.2) is 22.5 Å². The molecule has 2 aromatic rings. The van der Waals surface area contributed by atoms with E-state index in [2.05, 4.69) is 10.3 Å². The van der Waals surface area contributed by atoms with Gasteiger partial charge >= 0.3 is 5.69 Å². The van der Waals surface area contributed by atoms with Crippen molar-refractivity contribution in [2.75, 3.05) is 11.9 Å². The Morgan fingerprint density at radius 1 is 1.30 bits per heavy atom. The van der Waals surface area contributed by atoms with Gasteiger partial charge in [-0.25, -0.2) is 13.6 Å². The largest absolute Gasteiger partial charge is 0.473 e. The quantitative estimate of drug-likeness (QED) is 0.720. The topological polar surface area (TPSA) is 113 Å². The molecule has 33 heavy (non-hydrogen) atoms. The normalized spacial score (nSPS) is 16.6. The summed E-state index contributed by atoms with van der Waals surface area (Å²) in [5.74, 6) is -0.0265. The average Bonchev–Trinajstić information content (AvgIpc) is 3.19. The minimum absolute atomic E-state index is 0.0512. The van der Waals surface area contributed by atoms with Crippen LogP contribution in [0, 0.1) is 28.6 Å². The zero-order valence-electron chi connectivity index (χ0n) is 17.2. The van der Waals surface area contributed by atoms with Crippen LogP contribution in [0.25, 0.3) is 0 Å². The SMILES string of the molecule is N#Cc1cc(COc2cc3n(c(=O)n2)CCN3)ccc1OC1=CC=CC(C#N)C(C(F)F)=C1. The van der Waals surface area contributed by atoms with Crippen LogP contribution < -0.4 is 20.5 Å². The first-order chi connectivity index (χ1) is 16.0. The molecular weight excluding hydrogens is 432 g/mol. The molecular formula is C23H17F2N5O3. The van der Waals surface area contributed by atoms with Gasteiger partial charge in [-0.05, 0) is 29.8 Å². The van der Waals surface area contributed by atoms with Gasteiger partial charge in [-0.1, -0.05) is 18.2 Å². The van der Waals surface area contributed by atoms with Crippen molar-refractivity contribution in [2.24, 2.45) is 5.92 Å². The Hall–Kier alpha value is -4.44. The number of rotatable bonds is 6. The monoisotopic (exact) mass is 449 g/mol. The maximum atomic E-state index is 13.3. The molecule has 0 amide bonds. The van der Waals surface area contributed by atoms with E-state index in [1.807, 2.05) is 12.1 Å². The Morgan fingerprint density at radius 2 is 2.15 bits per heavy atom. The molecule has 0 spiro atoms. The minimum Gasteiger partial charge on any atom is -0.473 e. The Labute approximate surface area is 187 Å². The van der Waals surface area contributed by atoms with Crippen LogP contribution in [0.1, 0.15) is 11.1 Å². The summed E-state index contributed by atoms with van der Waals surface area (Å²) in [6.45, 7) is 1.24. The molecule has 0 fully saturated rings. The second-order valence-electron chi connectivity index (χ2n) is 7.18. The summed E-state index contributed by atoms with van der Waals surface area (Å²) in [5.41, 5.74) is -0.00196. The number of nitriles is 2. The van der Waals surface area contributed by atoms with Crippen LogP contribution in [0.2, 0.25) is 0 Å². The number of aromatic nitrogens is 2. The molecule has 8 nitrogen and oxygen atoms in total. The first-order valence-corrected chi connectivity index (χ1v) is 9.95. The van der Waals surface area contributed by atoms with Crippen LogP contribution in [0.3, 0.4) is 0 Å². The molecule has 0 saturated heterocycles. The van der Waals surface area contributed by atoms with Gasteiger partial charge in [-0.15, -0.1) is 0 Å². The van der Waals surface area contributed by atoms with Crippen molar-refractivity contribution >= 4 is 5.82 Å². The summed E-state index contributed by atoms with van der Waals surface area (Å²) in [6, 6.07) is 10.2. The Morgan fingerprint density at radius 3 is 2.91 bits per heavy atom. The lowest BCUT2D eigenvalue weighted by molar-refractivity contribution is 0.182. The smallest absolute Gasteiger partial charge is 0.352 e. The van der Waals surface area contributed by atoms with E-state index < -0.39 is 18.0 Å². The summed E-state index contributed by atoms with van der Waals surface area (Å²) in [4.78, 5) is 15.9. The highest BCUT2D eigenvalue weighted by Crippen LogP contribution is 2.28. The van der Waals surface area contributed by atoms with Gasteiger partial charge in [0.15, 0.2) is 0 Å². The second-order valence-corrected chi connectivity index (χ2v) is 7.18. The Balaban J connectivity index is 1.50. The molecule has 1 aliphatic carbocycles. The predicted octanol–water partition coefficient (Wildman–Crippen LogP) is 3.28. The molecule has 10 heteroatoms. The number of nitrogens with zero attached hydrogens (tertiary/aromatic N) is 4. The number of hydrogen-bond acceptors (Lipinski definition) is 7. The van der Waals surface area contributed by atoms with E-state index in [4.69, 9.17) is 14.7 Å². The summed E-state index contributed by atoms with van der Waals surface area (Å²) in [7, 11) is 0. The standard InChI is InChI=1S/C23H17F2N5O3/c24-22(25)18-9-17(3-1-2-15(18)11-26)33-19-5-4-14(8-16(19)12-27)13-32-21-10-20-28-6-7-30(20)23(31)29-21/h1-5,8-10,15,22,28H,6-7,13H2. The van der Waals surface area contributed by atoms with E-state index in [0.717, 1.165) is 6.08 Å². The van der Waals surface area contributed by atoms with Crippen LogP contribution in [0.5, 0.6) is 11.6 Å². The summed E-state index contributed by atoms with van der Waals surface area (Å²) in [5, 5.41) is 21.7. The molecule has 1 atom stereocenters. The zero-order chi connectivity index (χ0) is 23.4. The molecule has 2 aliphatic rings. The Bertz CT molecular complexity index is 1310. The highest BCUT2D eigenvalue weighted by molar-refractivity contribution is 5.48. The third kappa shape index (κ3) is 4.75. The molecule has 1 N–H and O–H groups in total. The van der Waals surface area contributed by atoms with Crippen LogP contribution in [-0.2, 0) is 13.2 Å². The highest BCUT2D eigenvalue weighted by Gasteiger charge is 2.22. The lowest BCUT2D eigenvalue weighted by Crippen LogP contribution is -2.21. The number of hydrogen-bond donors (Lipinski definition) is 1. The maximum absolute atomic E-state index is 13.3. The van der Waals surface area contributed by atoms with E-state index in [9.17, 15) is 18.8 Å². The Kier molecular flexibility index (Phi) is 6.18. The number of fused-ring (bicyclic) bond motifs is 1. The fourth-order valence-corrected chi connectivity index (χ4v) is 3.40. The number of halogens is 2. The van der Waals surface area contributed by atoms with Crippen LogP contribution >= 0.6 is 0 Å². The lowest BCUT2D eigenvalue weighted by Gasteiger charge is -2.12. The molecule has 0 bridgehead atoms. The average molecular weight is 449 g/mol. The molecule has 1 aromatic heterocycles. The summed E-state index contributed by atoms with van der Waals surface area (Å²) >= 11 is 0.